The third-order valence-electron chi connectivity index (χ3n) is 2.89. The van der Waals surface area contributed by atoms with Crippen LogP contribution in [0.2, 0.25) is 0 Å². The first-order valence-electron chi connectivity index (χ1n) is 6.21. The lowest BCUT2D eigenvalue weighted by atomic mass is 10.2. The number of hydrogen-bond donors (Lipinski definition) is 3. The zero-order valence-corrected chi connectivity index (χ0v) is 12.3. The summed E-state index contributed by atoms with van der Waals surface area (Å²) in [5.74, 6) is -0.558. The first-order chi connectivity index (χ1) is 9.47. The van der Waals surface area contributed by atoms with Crippen LogP contribution in [0.1, 0.15) is 12.5 Å². The van der Waals surface area contributed by atoms with Crippen molar-refractivity contribution >= 4 is 35.9 Å². The van der Waals surface area contributed by atoms with Crippen molar-refractivity contribution in [2.45, 2.75) is 19.5 Å². The number of halogens is 1. The lowest BCUT2D eigenvalue weighted by molar-refractivity contribution is -0.125. The molecular weight excluding hydrogens is 296 g/mol. The molecule has 1 aromatic rings. The van der Waals surface area contributed by atoms with Crippen LogP contribution in [0.5, 0.6) is 0 Å². The van der Waals surface area contributed by atoms with Gasteiger partial charge in [0.1, 0.15) is 0 Å². The molecule has 0 spiro atoms. The number of amides is 4. The minimum Gasteiger partial charge on any atom is -0.329 e. The van der Waals surface area contributed by atoms with Gasteiger partial charge in [-0.15, -0.1) is 12.4 Å². The summed E-state index contributed by atoms with van der Waals surface area (Å²) >= 11 is 0. The Balaban J connectivity index is 0.00000220. The Morgan fingerprint density at radius 1 is 1.48 bits per heavy atom. The Morgan fingerprint density at radius 2 is 2.19 bits per heavy atom. The van der Waals surface area contributed by atoms with E-state index < -0.39 is 12.1 Å². The van der Waals surface area contributed by atoms with Crippen molar-refractivity contribution in [2.24, 2.45) is 5.73 Å². The maximum atomic E-state index is 11.5. The number of imide groups is 1. The molecular formula is C13H17ClN4O3. The fraction of sp³-hybridized carbons (Fsp3) is 0.308. The van der Waals surface area contributed by atoms with E-state index in [1.54, 1.807) is 31.2 Å². The van der Waals surface area contributed by atoms with Crippen LogP contribution >= 0.6 is 12.4 Å². The van der Waals surface area contributed by atoms with E-state index in [4.69, 9.17) is 5.73 Å². The van der Waals surface area contributed by atoms with E-state index in [1.807, 2.05) is 0 Å². The molecule has 4 amide bonds. The van der Waals surface area contributed by atoms with Crippen molar-refractivity contribution in [2.75, 3.05) is 11.9 Å². The average molecular weight is 313 g/mol. The number of nitrogens with one attached hydrogen (secondary N) is 2. The lowest BCUT2D eigenvalue weighted by Crippen LogP contribution is -2.32. The van der Waals surface area contributed by atoms with Crippen molar-refractivity contribution in [3.8, 4) is 0 Å². The van der Waals surface area contributed by atoms with Gasteiger partial charge in [0, 0.05) is 5.69 Å². The van der Waals surface area contributed by atoms with E-state index in [9.17, 15) is 14.4 Å². The van der Waals surface area contributed by atoms with Crippen LogP contribution in [-0.4, -0.2) is 35.3 Å². The molecule has 0 unspecified atom stereocenters. The van der Waals surface area contributed by atoms with Gasteiger partial charge in [0.2, 0.25) is 11.8 Å². The largest absolute Gasteiger partial charge is 0.329 e. The third kappa shape index (κ3) is 4.17. The van der Waals surface area contributed by atoms with Crippen molar-refractivity contribution in [3.05, 3.63) is 29.8 Å². The highest BCUT2D eigenvalue weighted by Gasteiger charge is 2.28. The van der Waals surface area contributed by atoms with Gasteiger partial charge < -0.3 is 16.4 Å². The predicted molar refractivity (Wildman–Crippen MR) is 79.9 cm³/mol. The molecule has 1 aliphatic rings. The van der Waals surface area contributed by atoms with Gasteiger partial charge in [-0.3, -0.25) is 14.5 Å². The van der Waals surface area contributed by atoms with Gasteiger partial charge in [-0.25, -0.2) is 4.79 Å². The zero-order valence-electron chi connectivity index (χ0n) is 11.5. The van der Waals surface area contributed by atoms with Gasteiger partial charge in [-0.2, -0.15) is 0 Å². The van der Waals surface area contributed by atoms with Crippen LogP contribution in [0.15, 0.2) is 24.3 Å². The molecule has 1 fully saturated rings. The van der Waals surface area contributed by atoms with Crippen LogP contribution in [0.3, 0.4) is 0 Å². The van der Waals surface area contributed by atoms with Gasteiger partial charge in [0.15, 0.2) is 0 Å². The fourth-order valence-corrected chi connectivity index (χ4v) is 1.80. The van der Waals surface area contributed by atoms with Gasteiger partial charge >= 0.3 is 6.03 Å². The quantitative estimate of drug-likeness (QED) is 0.702. The molecule has 0 saturated carbocycles. The summed E-state index contributed by atoms with van der Waals surface area (Å²) in [6.07, 6.45) is 0. The Bertz CT molecular complexity index is 546. The van der Waals surface area contributed by atoms with Gasteiger partial charge in [0.25, 0.3) is 0 Å². The van der Waals surface area contributed by atoms with E-state index >= 15 is 0 Å². The monoisotopic (exact) mass is 312 g/mol. The van der Waals surface area contributed by atoms with E-state index in [2.05, 4.69) is 10.6 Å². The molecule has 2 rings (SSSR count). The molecule has 1 aromatic carbocycles. The molecule has 0 aromatic heterocycles. The summed E-state index contributed by atoms with van der Waals surface area (Å²) in [6, 6.07) is 5.93. The molecule has 0 aliphatic carbocycles. The first kappa shape index (κ1) is 16.9. The molecule has 4 N–H and O–H groups in total. The first-order valence-corrected chi connectivity index (χ1v) is 6.21. The second-order valence-electron chi connectivity index (χ2n) is 4.62. The van der Waals surface area contributed by atoms with Crippen molar-refractivity contribution in [1.29, 1.82) is 0 Å². The Labute approximate surface area is 128 Å². The summed E-state index contributed by atoms with van der Waals surface area (Å²) < 4.78 is 0. The molecule has 8 heteroatoms. The molecule has 0 bridgehead atoms. The lowest BCUT2D eigenvalue weighted by Gasteiger charge is -2.14. The molecule has 1 atom stereocenters. The molecule has 114 valence electrons. The number of carbonyl (C=O) groups is 3. The minimum atomic E-state index is -0.607. The number of anilines is 1. The van der Waals surface area contributed by atoms with Crippen LogP contribution < -0.4 is 16.4 Å². The Kier molecular flexibility index (Phi) is 5.69. The third-order valence-corrected chi connectivity index (χ3v) is 2.89. The smallest absolute Gasteiger partial charge is 0.324 e. The van der Waals surface area contributed by atoms with E-state index in [0.717, 1.165) is 10.5 Å². The second-order valence-corrected chi connectivity index (χ2v) is 4.62. The van der Waals surface area contributed by atoms with E-state index in [1.165, 1.54) is 0 Å². The Hall–Kier alpha value is -2.12. The number of hydrogen-bond acceptors (Lipinski definition) is 4. The number of nitrogens with zero attached hydrogens (tertiary/aromatic N) is 1. The SMILES string of the molecule is C[C@H](N)C(=O)Nc1cccc(CN2C(=O)CNC2=O)c1.Cl. The summed E-state index contributed by atoms with van der Waals surface area (Å²) in [5, 5.41) is 5.11. The fourth-order valence-electron chi connectivity index (χ4n) is 1.80. The molecule has 1 saturated heterocycles. The zero-order chi connectivity index (χ0) is 14.7. The number of benzene rings is 1. The van der Waals surface area contributed by atoms with Crippen molar-refractivity contribution in [3.63, 3.8) is 0 Å². The highest BCUT2D eigenvalue weighted by molar-refractivity contribution is 6.01. The van der Waals surface area contributed by atoms with Crippen molar-refractivity contribution in [1.82, 2.24) is 10.2 Å². The molecule has 21 heavy (non-hydrogen) atoms. The van der Waals surface area contributed by atoms with Crippen LogP contribution in [0.4, 0.5) is 10.5 Å². The van der Waals surface area contributed by atoms with Crippen LogP contribution in [0.25, 0.3) is 0 Å². The maximum absolute atomic E-state index is 11.5. The van der Waals surface area contributed by atoms with Crippen LogP contribution in [0, 0.1) is 0 Å². The summed E-state index contributed by atoms with van der Waals surface area (Å²) in [4.78, 5) is 35.6. The minimum absolute atomic E-state index is 0. The van der Waals surface area contributed by atoms with Gasteiger partial charge in [0.05, 0.1) is 19.1 Å². The van der Waals surface area contributed by atoms with Crippen LogP contribution in [-0.2, 0) is 16.1 Å². The average Bonchev–Trinajstić information content (AvgIpc) is 2.71. The molecule has 7 nitrogen and oxygen atoms in total. The number of rotatable bonds is 4. The highest BCUT2D eigenvalue weighted by atomic mass is 35.5. The molecule has 1 aliphatic heterocycles. The molecule has 0 radical (unpaired) electrons. The maximum Gasteiger partial charge on any atom is 0.324 e. The van der Waals surface area contributed by atoms with Gasteiger partial charge in [-0.1, -0.05) is 12.1 Å². The summed E-state index contributed by atoms with van der Waals surface area (Å²) in [5.41, 5.74) is 6.80. The van der Waals surface area contributed by atoms with Crippen molar-refractivity contribution < 1.29 is 14.4 Å². The number of urea groups is 1. The van der Waals surface area contributed by atoms with E-state index in [0.29, 0.717) is 5.69 Å². The standard InChI is InChI=1S/C13H16N4O3.ClH/c1-8(14)12(19)16-10-4-2-3-9(5-10)7-17-11(18)6-15-13(17)20;/h2-5,8H,6-7,14H2,1H3,(H,15,20)(H,16,19);1H/t8-;/m0./s1. The highest BCUT2D eigenvalue weighted by Crippen LogP contribution is 2.14. The topological polar surface area (TPSA) is 105 Å². The predicted octanol–water partition coefficient (Wildman–Crippen LogP) is 0.446. The van der Waals surface area contributed by atoms with Gasteiger partial charge in [-0.05, 0) is 24.6 Å². The number of carbonyl (C=O) groups excluding carboxylic acids is 3. The Morgan fingerprint density at radius 3 is 2.76 bits per heavy atom. The normalized spacial score (nSPS) is 15.2. The summed E-state index contributed by atoms with van der Waals surface area (Å²) in [7, 11) is 0. The van der Waals surface area contributed by atoms with E-state index in [-0.39, 0.29) is 37.3 Å². The number of nitrogens with two attached hydrogens (primary N) is 1. The summed E-state index contributed by atoms with van der Waals surface area (Å²) in [6.45, 7) is 1.79. The second kappa shape index (κ2) is 7.05. The molecule has 1 heterocycles.